The first-order chi connectivity index (χ1) is 9.01. The van der Waals surface area contributed by atoms with Gasteiger partial charge in [0.25, 0.3) is 11.3 Å². The summed E-state index contributed by atoms with van der Waals surface area (Å²) in [6.07, 6.45) is 4.58. The van der Waals surface area contributed by atoms with Crippen LogP contribution in [0.2, 0.25) is 0 Å². The molecule has 0 aromatic heterocycles. The van der Waals surface area contributed by atoms with Gasteiger partial charge < -0.3 is 4.74 Å². The number of ether oxygens (including phenoxy) is 1. The minimum absolute atomic E-state index is 0.0601. The van der Waals surface area contributed by atoms with Gasteiger partial charge in [0.05, 0.1) is 18.9 Å². The molecule has 0 aromatic rings. The molecule has 19 heavy (non-hydrogen) atoms. The highest BCUT2D eigenvalue weighted by atomic mass is 32.2. The molecule has 1 N–H and O–H groups in total. The van der Waals surface area contributed by atoms with Crippen molar-refractivity contribution in [3.8, 4) is 0 Å². The summed E-state index contributed by atoms with van der Waals surface area (Å²) in [4.78, 5) is 23.6. The molecule has 7 heteroatoms. The van der Waals surface area contributed by atoms with Gasteiger partial charge in [-0.2, -0.15) is 0 Å². The second-order valence-electron chi connectivity index (χ2n) is 4.30. The van der Waals surface area contributed by atoms with Crippen LogP contribution < -0.4 is 0 Å². The fraction of sp³-hybridized carbons (Fsp3) is 0.667. The van der Waals surface area contributed by atoms with Gasteiger partial charge in [-0.3, -0.25) is 14.1 Å². The SMILES string of the molecule is CCC[C@H]1C=CN(S(=O)O)C(=O)[C@H]1CC(=O)OCC. The van der Waals surface area contributed by atoms with E-state index in [1.807, 2.05) is 6.92 Å². The van der Waals surface area contributed by atoms with Crippen molar-refractivity contribution in [1.29, 1.82) is 0 Å². The quantitative estimate of drug-likeness (QED) is 0.591. The molecule has 3 atom stereocenters. The van der Waals surface area contributed by atoms with Gasteiger partial charge in [-0.25, -0.2) is 8.51 Å². The van der Waals surface area contributed by atoms with Crippen LogP contribution in [0.3, 0.4) is 0 Å². The van der Waals surface area contributed by atoms with Gasteiger partial charge in [-0.15, -0.1) is 0 Å². The standard InChI is InChI=1S/C12H19NO5S/c1-3-5-9-6-7-13(19(16)17)12(15)10(9)8-11(14)18-4-2/h6-7,9-10H,3-5,8H2,1-2H3,(H,16,17)/t9-,10-/m0/s1. The maximum Gasteiger partial charge on any atom is 0.306 e. The van der Waals surface area contributed by atoms with E-state index < -0.39 is 29.1 Å². The Balaban J connectivity index is 2.87. The monoisotopic (exact) mass is 289 g/mol. The van der Waals surface area contributed by atoms with Crippen LogP contribution in [0.1, 0.15) is 33.1 Å². The molecule has 0 radical (unpaired) electrons. The molecule has 1 unspecified atom stereocenters. The van der Waals surface area contributed by atoms with Crippen LogP contribution in [0.5, 0.6) is 0 Å². The molecule has 1 aliphatic rings. The molecule has 0 fully saturated rings. The first kappa shape index (κ1) is 15.8. The minimum atomic E-state index is -2.40. The number of esters is 1. The summed E-state index contributed by atoms with van der Waals surface area (Å²) >= 11 is -2.40. The Morgan fingerprint density at radius 3 is 2.74 bits per heavy atom. The number of amides is 1. The van der Waals surface area contributed by atoms with E-state index in [1.165, 1.54) is 6.20 Å². The smallest absolute Gasteiger partial charge is 0.306 e. The summed E-state index contributed by atoms with van der Waals surface area (Å²) in [7, 11) is 0. The highest BCUT2D eigenvalue weighted by molar-refractivity contribution is 7.77. The largest absolute Gasteiger partial charge is 0.466 e. The van der Waals surface area contributed by atoms with Crippen LogP contribution >= 0.6 is 0 Å². The van der Waals surface area contributed by atoms with Gasteiger partial charge in [0.1, 0.15) is 0 Å². The van der Waals surface area contributed by atoms with Crippen molar-refractivity contribution >= 4 is 23.1 Å². The fourth-order valence-electron chi connectivity index (χ4n) is 2.14. The number of carbonyl (C=O) groups excluding carboxylic acids is 2. The lowest BCUT2D eigenvalue weighted by molar-refractivity contribution is -0.148. The van der Waals surface area contributed by atoms with Crippen LogP contribution in [-0.2, 0) is 25.6 Å². The Morgan fingerprint density at radius 1 is 1.53 bits per heavy atom. The first-order valence-corrected chi connectivity index (χ1v) is 7.35. The molecule has 6 nitrogen and oxygen atoms in total. The van der Waals surface area contributed by atoms with E-state index in [4.69, 9.17) is 9.29 Å². The Bertz CT molecular complexity index is 396. The van der Waals surface area contributed by atoms with E-state index >= 15 is 0 Å². The number of rotatable bonds is 6. The van der Waals surface area contributed by atoms with Crippen LogP contribution in [0.4, 0.5) is 0 Å². The van der Waals surface area contributed by atoms with Gasteiger partial charge in [0.2, 0.25) is 5.91 Å². The zero-order valence-electron chi connectivity index (χ0n) is 11.1. The Morgan fingerprint density at radius 2 is 2.21 bits per heavy atom. The van der Waals surface area contributed by atoms with Crippen molar-refractivity contribution in [2.45, 2.75) is 33.1 Å². The molecule has 108 valence electrons. The van der Waals surface area contributed by atoms with Crippen molar-refractivity contribution in [2.24, 2.45) is 11.8 Å². The molecular weight excluding hydrogens is 270 g/mol. The topological polar surface area (TPSA) is 83.9 Å². The summed E-state index contributed by atoms with van der Waals surface area (Å²) in [6, 6.07) is 0. The predicted octanol–water partition coefficient (Wildman–Crippen LogP) is 1.46. The van der Waals surface area contributed by atoms with E-state index in [0.717, 1.165) is 17.1 Å². The maximum absolute atomic E-state index is 12.1. The summed E-state index contributed by atoms with van der Waals surface area (Å²) in [6.45, 7) is 3.93. The lowest BCUT2D eigenvalue weighted by Crippen LogP contribution is -2.41. The minimum Gasteiger partial charge on any atom is -0.466 e. The van der Waals surface area contributed by atoms with E-state index in [2.05, 4.69) is 0 Å². The summed E-state index contributed by atoms with van der Waals surface area (Å²) in [5.41, 5.74) is 0. The Kier molecular flexibility index (Phi) is 6.17. The number of carbonyl (C=O) groups is 2. The number of hydrogen-bond acceptors (Lipinski definition) is 4. The highest BCUT2D eigenvalue weighted by Gasteiger charge is 2.36. The lowest BCUT2D eigenvalue weighted by Gasteiger charge is -2.30. The van der Waals surface area contributed by atoms with Gasteiger partial charge >= 0.3 is 5.97 Å². The fourth-order valence-corrected chi connectivity index (χ4v) is 2.60. The summed E-state index contributed by atoms with van der Waals surface area (Å²) in [5, 5.41) is 0. The average molecular weight is 289 g/mol. The van der Waals surface area contributed by atoms with Gasteiger partial charge in [-0.05, 0) is 19.3 Å². The number of nitrogens with zero attached hydrogens (tertiary/aromatic N) is 1. The van der Waals surface area contributed by atoms with Crippen LogP contribution in [0.15, 0.2) is 12.3 Å². The molecule has 0 bridgehead atoms. The van der Waals surface area contributed by atoms with E-state index in [9.17, 15) is 13.8 Å². The van der Waals surface area contributed by atoms with Crippen LogP contribution in [0.25, 0.3) is 0 Å². The van der Waals surface area contributed by atoms with Gasteiger partial charge in [0, 0.05) is 6.20 Å². The molecule has 1 heterocycles. The Hall–Kier alpha value is -1.21. The van der Waals surface area contributed by atoms with Gasteiger partial charge in [0.15, 0.2) is 0 Å². The van der Waals surface area contributed by atoms with Crippen molar-refractivity contribution in [3.63, 3.8) is 0 Å². The van der Waals surface area contributed by atoms with Crippen molar-refractivity contribution in [2.75, 3.05) is 6.61 Å². The average Bonchev–Trinajstić information content (AvgIpc) is 2.34. The van der Waals surface area contributed by atoms with Gasteiger partial charge in [-0.1, -0.05) is 19.4 Å². The number of allylic oxidation sites excluding steroid dienone is 1. The zero-order chi connectivity index (χ0) is 14.4. The number of hydrogen-bond donors (Lipinski definition) is 1. The second-order valence-corrected chi connectivity index (χ2v) is 5.16. The molecule has 0 aliphatic carbocycles. The molecule has 1 amide bonds. The zero-order valence-corrected chi connectivity index (χ0v) is 11.9. The summed E-state index contributed by atoms with van der Waals surface area (Å²) < 4.78 is 25.7. The van der Waals surface area contributed by atoms with Crippen LogP contribution in [0, 0.1) is 11.8 Å². The molecule has 0 spiro atoms. The van der Waals surface area contributed by atoms with E-state index in [-0.39, 0.29) is 18.9 Å². The molecule has 1 rings (SSSR count). The molecule has 0 aromatic carbocycles. The maximum atomic E-state index is 12.1. The molecule has 0 saturated heterocycles. The first-order valence-electron chi connectivity index (χ1n) is 6.29. The third kappa shape index (κ3) is 4.14. The molecular formula is C12H19NO5S. The highest BCUT2D eigenvalue weighted by Crippen LogP contribution is 2.29. The molecule has 1 aliphatic heterocycles. The van der Waals surface area contributed by atoms with Crippen molar-refractivity contribution in [1.82, 2.24) is 4.31 Å². The van der Waals surface area contributed by atoms with Crippen LogP contribution in [-0.4, -0.2) is 31.6 Å². The normalized spacial score (nSPS) is 24.4. The third-order valence-corrected chi connectivity index (χ3v) is 3.64. The van der Waals surface area contributed by atoms with E-state index in [0.29, 0.717) is 0 Å². The lowest BCUT2D eigenvalue weighted by atomic mass is 9.84. The second kappa shape index (κ2) is 7.40. The van der Waals surface area contributed by atoms with Crippen molar-refractivity contribution in [3.05, 3.63) is 12.3 Å². The predicted molar refractivity (Wildman–Crippen MR) is 69.9 cm³/mol. The molecule has 0 saturated carbocycles. The Labute approximate surface area is 115 Å². The van der Waals surface area contributed by atoms with Crippen molar-refractivity contribution < 1.29 is 23.1 Å². The third-order valence-electron chi connectivity index (χ3n) is 3.00. The summed E-state index contributed by atoms with van der Waals surface area (Å²) in [5.74, 6) is -1.68. The van der Waals surface area contributed by atoms with E-state index in [1.54, 1.807) is 13.0 Å².